The Hall–Kier alpha value is -1.11. The van der Waals surface area contributed by atoms with E-state index in [9.17, 15) is 4.39 Å². The highest BCUT2D eigenvalue weighted by Gasteiger charge is 2.20. The maximum absolute atomic E-state index is 13.2. The molecule has 98 valence electrons. The molecular formula is C17H23F. The van der Waals surface area contributed by atoms with Crippen LogP contribution >= 0.6 is 0 Å². The van der Waals surface area contributed by atoms with Crippen molar-refractivity contribution in [1.82, 2.24) is 0 Å². The minimum absolute atomic E-state index is 0.0996. The lowest BCUT2D eigenvalue weighted by Crippen LogP contribution is -2.11. The Morgan fingerprint density at radius 2 is 2.00 bits per heavy atom. The summed E-state index contributed by atoms with van der Waals surface area (Å²) < 4.78 is 13.2. The van der Waals surface area contributed by atoms with Gasteiger partial charge in [-0.05, 0) is 61.6 Å². The van der Waals surface area contributed by atoms with Gasteiger partial charge in [0.1, 0.15) is 5.82 Å². The second kappa shape index (κ2) is 6.72. The number of rotatable bonds is 4. The van der Waals surface area contributed by atoms with E-state index in [1.54, 1.807) is 6.07 Å². The van der Waals surface area contributed by atoms with Gasteiger partial charge in [0, 0.05) is 0 Å². The molecule has 1 heteroatoms. The van der Waals surface area contributed by atoms with E-state index in [1.165, 1.54) is 50.2 Å². The molecule has 0 spiro atoms. The molecule has 1 fully saturated rings. The lowest BCUT2D eigenvalue weighted by molar-refractivity contribution is 0.374. The normalized spacial score (nSPS) is 24.6. The molecule has 18 heavy (non-hydrogen) atoms. The van der Waals surface area contributed by atoms with Crippen molar-refractivity contribution in [1.29, 1.82) is 0 Å². The standard InChI is InChI=1S/C17H23F/c1-2-3-4-6-14-9-11-15(12-10-14)16-7-5-8-17(18)13-16/h4-8,13-15H,2-3,9-12H2,1H3/t14-,15-. The third-order valence-corrected chi connectivity index (χ3v) is 3.96. The van der Waals surface area contributed by atoms with E-state index in [0.717, 1.165) is 5.92 Å². The van der Waals surface area contributed by atoms with Gasteiger partial charge in [0.25, 0.3) is 0 Å². The number of halogens is 1. The average Bonchev–Trinajstić information content (AvgIpc) is 2.40. The molecule has 0 aliphatic heterocycles. The van der Waals surface area contributed by atoms with Crippen LogP contribution < -0.4 is 0 Å². The van der Waals surface area contributed by atoms with E-state index in [0.29, 0.717) is 5.92 Å². The third kappa shape index (κ3) is 3.69. The quantitative estimate of drug-likeness (QED) is 0.619. The molecule has 1 aliphatic rings. The molecule has 0 atom stereocenters. The van der Waals surface area contributed by atoms with Gasteiger partial charge >= 0.3 is 0 Å². The van der Waals surface area contributed by atoms with Crippen LogP contribution in [-0.4, -0.2) is 0 Å². The number of hydrogen-bond acceptors (Lipinski definition) is 0. The first kappa shape index (κ1) is 13.3. The molecule has 2 rings (SSSR count). The van der Waals surface area contributed by atoms with Crippen molar-refractivity contribution in [3.05, 3.63) is 47.8 Å². The molecule has 0 nitrogen and oxygen atoms in total. The van der Waals surface area contributed by atoms with Crippen LogP contribution in [0, 0.1) is 11.7 Å². The van der Waals surface area contributed by atoms with Crippen LogP contribution in [0.2, 0.25) is 0 Å². The zero-order valence-electron chi connectivity index (χ0n) is 11.2. The SMILES string of the molecule is CCCC=C[C@H]1CC[C@H](c2cccc(F)c2)CC1. The molecule has 0 bridgehead atoms. The Morgan fingerprint density at radius 1 is 1.22 bits per heavy atom. The number of unbranched alkanes of at least 4 members (excludes halogenated alkanes) is 1. The molecule has 1 aromatic rings. The van der Waals surface area contributed by atoms with Gasteiger partial charge in [-0.3, -0.25) is 0 Å². The van der Waals surface area contributed by atoms with Crippen LogP contribution in [-0.2, 0) is 0 Å². The lowest BCUT2D eigenvalue weighted by atomic mass is 9.78. The van der Waals surface area contributed by atoms with Crippen molar-refractivity contribution in [3.63, 3.8) is 0 Å². The molecule has 0 N–H and O–H groups in total. The topological polar surface area (TPSA) is 0 Å². The van der Waals surface area contributed by atoms with Crippen molar-refractivity contribution in [3.8, 4) is 0 Å². The largest absolute Gasteiger partial charge is 0.207 e. The first-order valence-corrected chi connectivity index (χ1v) is 7.21. The summed E-state index contributed by atoms with van der Waals surface area (Å²) in [5.74, 6) is 1.22. The highest BCUT2D eigenvalue weighted by molar-refractivity contribution is 5.21. The summed E-state index contributed by atoms with van der Waals surface area (Å²) in [5, 5.41) is 0. The summed E-state index contributed by atoms with van der Waals surface area (Å²) in [5.41, 5.74) is 1.19. The zero-order valence-corrected chi connectivity index (χ0v) is 11.2. The first-order valence-electron chi connectivity index (χ1n) is 7.21. The van der Waals surface area contributed by atoms with Crippen LogP contribution in [0.1, 0.15) is 56.9 Å². The Balaban J connectivity index is 1.86. The maximum atomic E-state index is 13.2. The molecule has 0 amide bonds. The van der Waals surface area contributed by atoms with E-state index < -0.39 is 0 Å². The molecule has 1 saturated carbocycles. The Kier molecular flexibility index (Phi) is 4.98. The molecule has 0 unspecified atom stereocenters. The maximum Gasteiger partial charge on any atom is 0.123 e. The van der Waals surface area contributed by atoms with Gasteiger partial charge in [0.05, 0.1) is 0 Å². The molecule has 0 aromatic heterocycles. The average molecular weight is 246 g/mol. The Morgan fingerprint density at radius 3 is 2.67 bits per heavy atom. The molecule has 0 radical (unpaired) electrons. The fraction of sp³-hybridized carbons (Fsp3) is 0.529. The predicted molar refractivity (Wildman–Crippen MR) is 75.1 cm³/mol. The highest BCUT2D eigenvalue weighted by atomic mass is 19.1. The van der Waals surface area contributed by atoms with Gasteiger partial charge < -0.3 is 0 Å². The summed E-state index contributed by atoms with van der Waals surface area (Å²) in [6, 6.07) is 7.14. The zero-order chi connectivity index (χ0) is 12.8. The smallest absolute Gasteiger partial charge is 0.123 e. The van der Waals surface area contributed by atoms with Gasteiger partial charge in [-0.1, -0.05) is 37.6 Å². The van der Waals surface area contributed by atoms with Gasteiger partial charge in [-0.2, -0.15) is 0 Å². The molecule has 0 heterocycles. The summed E-state index contributed by atoms with van der Waals surface area (Å²) in [6.45, 7) is 2.21. The van der Waals surface area contributed by atoms with E-state index in [4.69, 9.17) is 0 Å². The van der Waals surface area contributed by atoms with Crippen molar-refractivity contribution in [2.75, 3.05) is 0 Å². The number of allylic oxidation sites excluding steroid dienone is 2. The van der Waals surface area contributed by atoms with Crippen molar-refractivity contribution < 1.29 is 4.39 Å². The van der Waals surface area contributed by atoms with Gasteiger partial charge in [-0.15, -0.1) is 0 Å². The Bertz CT molecular complexity index is 386. The van der Waals surface area contributed by atoms with E-state index >= 15 is 0 Å². The van der Waals surface area contributed by atoms with Crippen LogP contribution in [0.3, 0.4) is 0 Å². The van der Waals surface area contributed by atoms with Crippen LogP contribution in [0.15, 0.2) is 36.4 Å². The van der Waals surface area contributed by atoms with Crippen LogP contribution in [0.25, 0.3) is 0 Å². The minimum atomic E-state index is -0.0996. The molecule has 0 saturated heterocycles. The van der Waals surface area contributed by atoms with Gasteiger partial charge in [0.15, 0.2) is 0 Å². The van der Waals surface area contributed by atoms with Gasteiger partial charge in [-0.25, -0.2) is 4.39 Å². The Labute approximate surface area is 110 Å². The van der Waals surface area contributed by atoms with E-state index in [2.05, 4.69) is 25.1 Å². The molecule has 1 aliphatic carbocycles. The fourth-order valence-electron chi connectivity index (χ4n) is 2.86. The van der Waals surface area contributed by atoms with Crippen LogP contribution in [0.5, 0.6) is 0 Å². The molecular weight excluding hydrogens is 223 g/mol. The lowest BCUT2D eigenvalue weighted by Gasteiger charge is -2.27. The van der Waals surface area contributed by atoms with Crippen LogP contribution in [0.4, 0.5) is 4.39 Å². The summed E-state index contributed by atoms with van der Waals surface area (Å²) in [7, 11) is 0. The summed E-state index contributed by atoms with van der Waals surface area (Å²) >= 11 is 0. The monoisotopic (exact) mass is 246 g/mol. The highest BCUT2D eigenvalue weighted by Crippen LogP contribution is 2.36. The second-order valence-electron chi connectivity index (χ2n) is 5.38. The van der Waals surface area contributed by atoms with Crippen molar-refractivity contribution >= 4 is 0 Å². The van der Waals surface area contributed by atoms with E-state index in [1.807, 2.05) is 6.07 Å². The van der Waals surface area contributed by atoms with Crippen molar-refractivity contribution in [2.24, 2.45) is 5.92 Å². The number of hydrogen-bond donors (Lipinski definition) is 0. The third-order valence-electron chi connectivity index (χ3n) is 3.96. The predicted octanol–water partition coefficient (Wildman–Crippen LogP) is 5.46. The van der Waals surface area contributed by atoms with E-state index in [-0.39, 0.29) is 5.82 Å². The number of benzene rings is 1. The summed E-state index contributed by atoms with van der Waals surface area (Å²) in [6.07, 6.45) is 12.1. The first-order chi connectivity index (χ1) is 8.79. The van der Waals surface area contributed by atoms with Gasteiger partial charge in [0.2, 0.25) is 0 Å². The summed E-state index contributed by atoms with van der Waals surface area (Å²) in [4.78, 5) is 0. The second-order valence-corrected chi connectivity index (χ2v) is 5.38. The minimum Gasteiger partial charge on any atom is -0.207 e. The van der Waals surface area contributed by atoms with Crippen molar-refractivity contribution in [2.45, 2.75) is 51.4 Å². The molecule has 1 aromatic carbocycles. The fourth-order valence-corrected chi connectivity index (χ4v) is 2.86.